The minimum atomic E-state index is -0.0947. The van der Waals surface area contributed by atoms with Crippen molar-refractivity contribution in [2.75, 3.05) is 0 Å². The third-order valence-corrected chi connectivity index (χ3v) is 3.83. The first-order chi connectivity index (χ1) is 10.6. The van der Waals surface area contributed by atoms with E-state index in [-0.39, 0.29) is 11.8 Å². The Morgan fingerprint density at radius 2 is 2.09 bits per heavy atom. The maximum absolute atomic E-state index is 9.47. The first-order valence-corrected chi connectivity index (χ1v) is 7.33. The van der Waals surface area contributed by atoms with E-state index in [0.717, 1.165) is 23.2 Å². The molecule has 0 saturated heterocycles. The number of nitrogens with zero attached hydrogens (tertiary/aromatic N) is 2. The number of hydrogen-bond donors (Lipinski definition) is 2. The van der Waals surface area contributed by atoms with Gasteiger partial charge in [-0.25, -0.2) is 0 Å². The van der Waals surface area contributed by atoms with Crippen LogP contribution in [0.4, 0.5) is 0 Å². The van der Waals surface area contributed by atoms with E-state index in [2.05, 4.69) is 30.1 Å². The summed E-state index contributed by atoms with van der Waals surface area (Å²) in [4.78, 5) is 0. The van der Waals surface area contributed by atoms with Crippen molar-refractivity contribution >= 4 is 0 Å². The van der Waals surface area contributed by atoms with Crippen molar-refractivity contribution in [2.24, 2.45) is 11.7 Å². The number of allylic oxidation sites excluding steroid dienone is 1. The SMILES string of the molecule is CC(C)C[C@H]1C(C#N)=C(N)Oc2n[nH]c(-c3ccccc3)c21. The Morgan fingerprint density at radius 1 is 1.36 bits per heavy atom. The molecular weight excluding hydrogens is 276 g/mol. The summed E-state index contributed by atoms with van der Waals surface area (Å²) < 4.78 is 5.54. The zero-order valence-electron chi connectivity index (χ0n) is 12.6. The normalized spacial score (nSPS) is 17.1. The second-order valence-electron chi connectivity index (χ2n) is 5.86. The Morgan fingerprint density at radius 3 is 2.73 bits per heavy atom. The number of benzene rings is 1. The number of hydrogen-bond acceptors (Lipinski definition) is 4. The van der Waals surface area contributed by atoms with Gasteiger partial charge >= 0.3 is 0 Å². The van der Waals surface area contributed by atoms with E-state index in [9.17, 15) is 5.26 Å². The Kier molecular flexibility index (Phi) is 3.60. The van der Waals surface area contributed by atoms with Crippen LogP contribution in [0.25, 0.3) is 11.3 Å². The van der Waals surface area contributed by atoms with Crippen molar-refractivity contribution < 1.29 is 4.74 Å². The van der Waals surface area contributed by atoms with Crippen molar-refractivity contribution in [3.8, 4) is 23.2 Å². The predicted octanol–water partition coefficient (Wildman–Crippen LogP) is 3.29. The molecule has 112 valence electrons. The van der Waals surface area contributed by atoms with Gasteiger partial charge in [-0.05, 0) is 17.9 Å². The van der Waals surface area contributed by atoms with Crippen LogP contribution in [0.1, 0.15) is 31.7 Å². The monoisotopic (exact) mass is 294 g/mol. The minimum Gasteiger partial charge on any atom is -0.420 e. The summed E-state index contributed by atoms with van der Waals surface area (Å²) in [6.45, 7) is 4.26. The summed E-state index contributed by atoms with van der Waals surface area (Å²) in [7, 11) is 0. The lowest BCUT2D eigenvalue weighted by Gasteiger charge is -2.24. The number of aromatic nitrogens is 2. The second kappa shape index (κ2) is 5.57. The molecule has 1 aliphatic rings. The highest BCUT2D eigenvalue weighted by atomic mass is 16.5. The van der Waals surface area contributed by atoms with Gasteiger partial charge in [0.1, 0.15) is 6.07 Å². The molecule has 1 aliphatic heterocycles. The summed E-state index contributed by atoms with van der Waals surface area (Å²) in [6.07, 6.45) is 0.819. The molecule has 1 aromatic heterocycles. The van der Waals surface area contributed by atoms with Crippen molar-refractivity contribution in [1.82, 2.24) is 10.2 Å². The highest BCUT2D eigenvalue weighted by Crippen LogP contribution is 2.44. The first-order valence-electron chi connectivity index (χ1n) is 7.33. The molecule has 0 unspecified atom stereocenters. The third-order valence-electron chi connectivity index (χ3n) is 3.83. The highest BCUT2D eigenvalue weighted by molar-refractivity contribution is 5.68. The van der Waals surface area contributed by atoms with E-state index in [1.54, 1.807) is 0 Å². The Labute approximate surface area is 129 Å². The number of aromatic amines is 1. The van der Waals surface area contributed by atoms with Crippen LogP contribution >= 0.6 is 0 Å². The van der Waals surface area contributed by atoms with Gasteiger partial charge in [0, 0.05) is 5.92 Å². The van der Waals surface area contributed by atoms with Crippen LogP contribution in [0.3, 0.4) is 0 Å². The Balaban J connectivity index is 2.15. The van der Waals surface area contributed by atoms with Crippen molar-refractivity contribution in [3.05, 3.63) is 47.4 Å². The largest absolute Gasteiger partial charge is 0.420 e. The number of fused-ring (bicyclic) bond motifs is 1. The van der Waals surface area contributed by atoms with Crippen molar-refractivity contribution in [3.63, 3.8) is 0 Å². The molecule has 0 aliphatic carbocycles. The van der Waals surface area contributed by atoms with Gasteiger partial charge in [-0.15, -0.1) is 5.10 Å². The molecule has 0 saturated carbocycles. The zero-order valence-corrected chi connectivity index (χ0v) is 12.6. The molecule has 5 heteroatoms. The van der Waals surface area contributed by atoms with Gasteiger partial charge in [-0.3, -0.25) is 5.10 Å². The molecule has 2 heterocycles. The molecule has 0 fully saturated rings. The number of nitrogens with one attached hydrogen (secondary N) is 1. The Hall–Kier alpha value is -2.74. The summed E-state index contributed by atoms with van der Waals surface area (Å²) in [5.41, 5.74) is 9.22. The molecule has 1 atom stereocenters. The molecule has 0 radical (unpaired) electrons. The fourth-order valence-electron chi connectivity index (χ4n) is 2.88. The van der Waals surface area contributed by atoms with Gasteiger partial charge in [0.15, 0.2) is 0 Å². The van der Waals surface area contributed by atoms with Crippen LogP contribution in [0.15, 0.2) is 41.8 Å². The van der Waals surface area contributed by atoms with Crippen LogP contribution in [-0.2, 0) is 0 Å². The van der Waals surface area contributed by atoms with Crippen LogP contribution in [0, 0.1) is 17.2 Å². The molecule has 1 aromatic carbocycles. The lowest BCUT2D eigenvalue weighted by Crippen LogP contribution is -2.21. The zero-order chi connectivity index (χ0) is 15.7. The minimum absolute atomic E-state index is 0.0947. The standard InChI is InChI=1S/C17H18N4O/c1-10(2)8-12-13(9-18)16(19)22-17-14(12)15(20-21-17)11-6-4-3-5-7-11/h3-7,10,12H,8,19H2,1-2H3,(H,20,21)/t12-/m0/s1. The van der Waals surface area contributed by atoms with Crippen LogP contribution in [0.5, 0.6) is 5.88 Å². The summed E-state index contributed by atoms with van der Waals surface area (Å²) in [6, 6.07) is 12.1. The fourth-order valence-corrected chi connectivity index (χ4v) is 2.88. The van der Waals surface area contributed by atoms with Gasteiger partial charge in [-0.1, -0.05) is 44.2 Å². The predicted molar refractivity (Wildman–Crippen MR) is 83.7 cm³/mol. The third kappa shape index (κ3) is 2.33. The van der Waals surface area contributed by atoms with E-state index in [1.807, 2.05) is 30.3 Å². The molecule has 0 amide bonds. The molecule has 0 bridgehead atoms. The van der Waals surface area contributed by atoms with E-state index >= 15 is 0 Å². The number of rotatable bonds is 3. The molecule has 3 N–H and O–H groups in total. The Bertz CT molecular complexity index is 753. The first kappa shape index (κ1) is 14.2. The summed E-state index contributed by atoms with van der Waals surface area (Å²) in [5, 5.41) is 16.7. The van der Waals surface area contributed by atoms with Crippen LogP contribution < -0.4 is 10.5 Å². The van der Waals surface area contributed by atoms with E-state index in [1.165, 1.54) is 0 Å². The van der Waals surface area contributed by atoms with E-state index in [4.69, 9.17) is 10.5 Å². The highest BCUT2D eigenvalue weighted by Gasteiger charge is 2.34. The van der Waals surface area contributed by atoms with E-state index < -0.39 is 0 Å². The maximum atomic E-state index is 9.47. The number of nitriles is 1. The van der Waals surface area contributed by atoms with Crippen molar-refractivity contribution in [2.45, 2.75) is 26.2 Å². The smallest absolute Gasteiger partial charge is 0.244 e. The quantitative estimate of drug-likeness (QED) is 0.909. The van der Waals surface area contributed by atoms with Crippen LogP contribution in [-0.4, -0.2) is 10.2 Å². The molecule has 2 aromatic rings. The van der Waals surface area contributed by atoms with Crippen LogP contribution in [0.2, 0.25) is 0 Å². The lowest BCUT2D eigenvalue weighted by molar-refractivity contribution is 0.365. The molecular formula is C17H18N4O. The number of nitrogens with two attached hydrogens (primary N) is 1. The van der Waals surface area contributed by atoms with Gasteiger partial charge in [0.25, 0.3) is 0 Å². The molecule has 3 rings (SSSR count). The summed E-state index contributed by atoms with van der Waals surface area (Å²) in [5.74, 6) is 0.959. The van der Waals surface area contributed by atoms with Gasteiger partial charge < -0.3 is 10.5 Å². The van der Waals surface area contributed by atoms with Crippen molar-refractivity contribution in [1.29, 1.82) is 5.26 Å². The number of ether oxygens (including phenoxy) is 1. The fraction of sp³-hybridized carbons (Fsp3) is 0.294. The van der Waals surface area contributed by atoms with Gasteiger partial charge in [-0.2, -0.15) is 5.26 Å². The molecule has 5 nitrogen and oxygen atoms in total. The molecule has 0 spiro atoms. The maximum Gasteiger partial charge on any atom is 0.244 e. The van der Waals surface area contributed by atoms with E-state index in [0.29, 0.717) is 17.4 Å². The second-order valence-corrected chi connectivity index (χ2v) is 5.86. The lowest BCUT2D eigenvalue weighted by atomic mass is 9.82. The molecule has 22 heavy (non-hydrogen) atoms. The summed E-state index contributed by atoms with van der Waals surface area (Å²) >= 11 is 0. The topological polar surface area (TPSA) is 87.7 Å². The average molecular weight is 294 g/mol. The van der Waals surface area contributed by atoms with Gasteiger partial charge in [0.2, 0.25) is 11.8 Å². The van der Waals surface area contributed by atoms with Gasteiger partial charge in [0.05, 0.1) is 16.8 Å². The number of H-pyrrole nitrogens is 1. The average Bonchev–Trinajstić information content (AvgIpc) is 2.91.